The largest absolute Gasteiger partial charge is 0.497 e. The number of carbonyl (C=O) groups excluding carboxylic acids is 1. The van der Waals surface area contributed by atoms with Crippen molar-refractivity contribution in [2.24, 2.45) is 5.41 Å². The van der Waals surface area contributed by atoms with Crippen LogP contribution in [0.5, 0.6) is 11.6 Å². The molecule has 1 amide bonds. The quantitative estimate of drug-likeness (QED) is 0.312. The van der Waals surface area contributed by atoms with Gasteiger partial charge in [0.25, 0.3) is 5.91 Å². The second kappa shape index (κ2) is 9.90. The van der Waals surface area contributed by atoms with Gasteiger partial charge in [-0.15, -0.1) is 5.10 Å². The van der Waals surface area contributed by atoms with Gasteiger partial charge in [0, 0.05) is 17.2 Å². The van der Waals surface area contributed by atoms with E-state index in [1.54, 1.807) is 7.11 Å². The Morgan fingerprint density at radius 2 is 2.06 bits per heavy atom. The molecule has 1 aliphatic rings. The minimum absolute atomic E-state index is 0.0427. The Hall–Kier alpha value is -3.05. The SMILES string of the molecule is C/C=S(/NC(=O)c1ccc(-n2ccc(OCC3(C(F)(F)F)CC3)n2)nc1Cl)c1cccc(OC)c1. The van der Waals surface area contributed by atoms with Crippen molar-refractivity contribution in [3.8, 4) is 17.4 Å². The van der Waals surface area contributed by atoms with Gasteiger partial charge in [0.1, 0.15) is 22.9 Å². The molecule has 1 N–H and O–H groups in total. The van der Waals surface area contributed by atoms with E-state index >= 15 is 0 Å². The van der Waals surface area contributed by atoms with E-state index in [1.807, 2.05) is 36.6 Å². The maximum atomic E-state index is 13.1. The summed E-state index contributed by atoms with van der Waals surface area (Å²) < 4.78 is 54.0. The van der Waals surface area contributed by atoms with Gasteiger partial charge in [-0.1, -0.05) is 28.3 Å². The second-order valence-electron chi connectivity index (χ2n) is 7.86. The second-order valence-corrected chi connectivity index (χ2v) is 10.0. The molecular formula is C23H22ClF3N4O3S. The van der Waals surface area contributed by atoms with Crippen LogP contribution in [-0.2, 0) is 0 Å². The summed E-state index contributed by atoms with van der Waals surface area (Å²) in [5.41, 5.74) is -1.62. The summed E-state index contributed by atoms with van der Waals surface area (Å²) in [7, 11) is 0.869. The normalized spacial score (nSPS) is 15.5. The summed E-state index contributed by atoms with van der Waals surface area (Å²) >= 11 is 6.28. The number of methoxy groups -OCH3 is 1. The monoisotopic (exact) mass is 526 g/mol. The number of ether oxygens (including phenoxy) is 2. The topological polar surface area (TPSA) is 78.3 Å². The van der Waals surface area contributed by atoms with Gasteiger partial charge >= 0.3 is 6.18 Å². The number of amides is 1. The van der Waals surface area contributed by atoms with Crippen LogP contribution < -0.4 is 14.2 Å². The van der Waals surface area contributed by atoms with E-state index in [0.717, 1.165) is 4.90 Å². The van der Waals surface area contributed by atoms with Crippen LogP contribution in [0.15, 0.2) is 53.6 Å². The van der Waals surface area contributed by atoms with E-state index < -0.39 is 34.8 Å². The Kier molecular flexibility index (Phi) is 7.09. The lowest BCUT2D eigenvalue weighted by atomic mass is 10.1. The number of rotatable bonds is 8. The van der Waals surface area contributed by atoms with Gasteiger partial charge in [-0.25, -0.2) is 9.67 Å². The summed E-state index contributed by atoms with van der Waals surface area (Å²) in [5.74, 6) is 0.589. The van der Waals surface area contributed by atoms with E-state index in [-0.39, 0.29) is 35.3 Å². The molecule has 0 aliphatic heterocycles. The van der Waals surface area contributed by atoms with E-state index in [2.05, 4.69) is 14.8 Å². The maximum absolute atomic E-state index is 13.1. The summed E-state index contributed by atoms with van der Waals surface area (Å²) in [5, 5.41) is 5.93. The predicted octanol–water partition coefficient (Wildman–Crippen LogP) is 5.45. The zero-order valence-corrected chi connectivity index (χ0v) is 20.4. The van der Waals surface area contributed by atoms with Crippen molar-refractivity contribution in [2.75, 3.05) is 13.7 Å². The van der Waals surface area contributed by atoms with Crippen LogP contribution in [0.2, 0.25) is 5.15 Å². The number of nitrogens with one attached hydrogen (secondary N) is 1. The van der Waals surface area contributed by atoms with Crippen molar-refractivity contribution in [3.05, 3.63) is 59.4 Å². The highest BCUT2D eigenvalue weighted by Crippen LogP contribution is 2.57. The van der Waals surface area contributed by atoms with Crippen molar-refractivity contribution in [3.63, 3.8) is 0 Å². The molecule has 1 atom stereocenters. The van der Waals surface area contributed by atoms with Gasteiger partial charge in [0.05, 0.1) is 12.7 Å². The van der Waals surface area contributed by atoms with E-state index in [4.69, 9.17) is 21.1 Å². The molecule has 1 unspecified atom stereocenters. The van der Waals surface area contributed by atoms with Crippen molar-refractivity contribution in [1.29, 1.82) is 0 Å². The van der Waals surface area contributed by atoms with Crippen molar-refractivity contribution in [2.45, 2.75) is 30.8 Å². The van der Waals surface area contributed by atoms with E-state index in [1.165, 1.54) is 29.1 Å². The van der Waals surface area contributed by atoms with Gasteiger partial charge < -0.3 is 9.47 Å². The average Bonchev–Trinajstić information content (AvgIpc) is 3.51. The van der Waals surface area contributed by atoms with E-state index in [9.17, 15) is 18.0 Å². The summed E-state index contributed by atoms with van der Waals surface area (Å²) in [4.78, 5) is 17.9. The molecule has 1 aliphatic carbocycles. The first-order valence-electron chi connectivity index (χ1n) is 10.6. The highest BCUT2D eigenvalue weighted by Gasteiger charge is 2.64. The Morgan fingerprint density at radius 1 is 1.29 bits per heavy atom. The summed E-state index contributed by atoms with van der Waals surface area (Å²) in [6.45, 7) is 1.35. The maximum Gasteiger partial charge on any atom is 0.397 e. The lowest BCUT2D eigenvalue weighted by Crippen LogP contribution is -2.30. The summed E-state index contributed by atoms with van der Waals surface area (Å²) in [6.07, 6.45) is -2.71. The van der Waals surface area contributed by atoms with Crippen molar-refractivity contribution >= 4 is 33.5 Å². The Balaban J connectivity index is 1.44. The first-order valence-corrected chi connectivity index (χ1v) is 12.2. The smallest absolute Gasteiger partial charge is 0.397 e. The lowest BCUT2D eigenvalue weighted by molar-refractivity contribution is -0.194. The fraction of sp³-hybridized carbons (Fsp3) is 0.304. The molecule has 7 nitrogen and oxygen atoms in total. The first-order chi connectivity index (χ1) is 16.7. The molecule has 0 spiro atoms. The van der Waals surface area contributed by atoms with Crippen LogP contribution in [0.4, 0.5) is 13.2 Å². The number of hydrogen-bond acceptors (Lipinski definition) is 5. The molecule has 12 heteroatoms. The Labute approximate surface area is 207 Å². The van der Waals surface area contributed by atoms with Crippen LogP contribution >= 0.6 is 22.3 Å². The first kappa shape index (κ1) is 25.1. The lowest BCUT2D eigenvalue weighted by Gasteiger charge is -2.18. The third-order valence-corrected chi connectivity index (χ3v) is 7.49. The van der Waals surface area contributed by atoms with Crippen LogP contribution in [0.25, 0.3) is 5.82 Å². The van der Waals surface area contributed by atoms with Gasteiger partial charge in [-0.05, 0) is 55.5 Å². The zero-order valence-electron chi connectivity index (χ0n) is 18.8. The number of pyridine rings is 1. The van der Waals surface area contributed by atoms with Crippen molar-refractivity contribution in [1.82, 2.24) is 19.5 Å². The molecule has 186 valence electrons. The minimum atomic E-state index is -4.30. The number of alkyl halides is 3. The van der Waals surface area contributed by atoms with Gasteiger partial charge in [-0.3, -0.25) is 9.52 Å². The molecule has 35 heavy (non-hydrogen) atoms. The van der Waals surface area contributed by atoms with Gasteiger partial charge in [0.15, 0.2) is 5.82 Å². The molecular weight excluding hydrogens is 505 g/mol. The number of hydrogen-bond donors (Lipinski definition) is 1. The number of nitrogens with zero attached hydrogens (tertiary/aromatic N) is 3. The highest BCUT2D eigenvalue weighted by atomic mass is 35.5. The number of halogens is 4. The summed E-state index contributed by atoms with van der Waals surface area (Å²) in [6, 6.07) is 11.9. The Bertz CT molecular complexity index is 1270. The van der Waals surface area contributed by atoms with Crippen molar-refractivity contribution < 1.29 is 27.4 Å². The molecule has 1 fully saturated rings. The van der Waals surface area contributed by atoms with Gasteiger partial charge in [0.2, 0.25) is 5.88 Å². The molecule has 1 saturated carbocycles. The fourth-order valence-corrected chi connectivity index (χ4v) is 4.77. The van der Waals surface area contributed by atoms with Crippen LogP contribution in [0.3, 0.4) is 0 Å². The van der Waals surface area contributed by atoms with Crippen LogP contribution in [-0.4, -0.2) is 45.9 Å². The number of carbonyl (C=O) groups is 1. The standard InChI is InChI=1S/C23H22ClF3N4O3S/c1-3-35(16-6-4-5-15(13-16)33-2)30-21(32)17-7-8-18(28-20(17)24)31-12-9-19(29-31)34-14-22(10-11-22)23(25,26)27/h3-9,12-13H,10-11,14H2,1-2H3,(H,30,32). The highest BCUT2D eigenvalue weighted by molar-refractivity contribution is 8.13. The number of aromatic nitrogens is 3. The molecule has 4 rings (SSSR count). The van der Waals surface area contributed by atoms with Crippen LogP contribution in [0, 0.1) is 5.41 Å². The molecule has 0 saturated heterocycles. The Morgan fingerprint density at radius 3 is 2.69 bits per heavy atom. The van der Waals surface area contributed by atoms with Gasteiger partial charge in [-0.2, -0.15) is 13.2 Å². The molecule has 0 bridgehead atoms. The molecule has 2 heterocycles. The average molecular weight is 527 g/mol. The third kappa shape index (κ3) is 5.46. The zero-order chi connectivity index (χ0) is 25.2. The molecule has 0 radical (unpaired) electrons. The van der Waals surface area contributed by atoms with E-state index in [0.29, 0.717) is 5.75 Å². The molecule has 1 aromatic carbocycles. The predicted molar refractivity (Wildman–Crippen MR) is 128 cm³/mol. The number of benzene rings is 1. The van der Waals surface area contributed by atoms with Crippen LogP contribution in [0.1, 0.15) is 30.1 Å². The fourth-order valence-electron chi connectivity index (χ4n) is 3.25. The third-order valence-electron chi connectivity index (χ3n) is 5.56. The molecule has 2 aromatic heterocycles. The molecule has 3 aromatic rings. The minimum Gasteiger partial charge on any atom is -0.497 e.